The summed E-state index contributed by atoms with van der Waals surface area (Å²) in [5, 5.41) is 0. The number of fused-ring (bicyclic) bond motifs is 2. The molecule has 0 spiro atoms. The quantitative estimate of drug-likeness (QED) is 0.285. The van der Waals surface area contributed by atoms with Crippen LogP contribution in [0.4, 0.5) is 11.4 Å². The van der Waals surface area contributed by atoms with Crippen molar-refractivity contribution in [2.24, 2.45) is 0 Å². The molecule has 0 radical (unpaired) electrons. The molecule has 200 valence electrons. The van der Waals surface area contributed by atoms with Crippen molar-refractivity contribution in [3.8, 4) is 23.0 Å². The first kappa shape index (κ1) is 38.4. The molecule has 0 aliphatic carbocycles. The molecule has 0 saturated carbocycles. The number of nitrogens with two attached hydrogens (primary N) is 2. The number of halogens is 2. The summed E-state index contributed by atoms with van der Waals surface area (Å²) in [5.41, 5.74) is 12.9. The monoisotopic (exact) mass is 734 g/mol. The van der Waals surface area contributed by atoms with Crippen LogP contribution in [0.25, 0.3) is 0 Å². The van der Waals surface area contributed by atoms with Gasteiger partial charge >= 0.3 is 43.4 Å². The third kappa shape index (κ3) is 15.6. The van der Waals surface area contributed by atoms with Crippen LogP contribution in [-0.2, 0) is 28.9 Å². The van der Waals surface area contributed by atoms with Gasteiger partial charge in [-0.1, -0.05) is 0 Å². The van der Waals surface area contributed by atoms with Crippen molar-refractivity contribution >= 4 is 35.3 Å². The molecule has 12 nitrogen and oxygen atoms in total. The van der Waals surface area contributed by atoms with E-state index in [0.717, 1.165) is 0 Å². The molecule has 0 amide bonds. The van der Waals surface area contributed by atoms with Crippen LogP contribution in [0.3, 0.4) is 0 Å². The molecule has 1 heterocycles. The molecular formula is C20H34Br2CdN2O10. The molecule has 0 saturated heterocycles. The predicted octanol–water partition coefficient (Wildman–Crippen LogP) is 0.503. The Labute approximate surface area is 227 Å². The van der Waals surface area contributed by atoms with Crippen molar-refractivity contribution in [2.45, 2.75) is 0 Å². The van der Waals surface area contributed by atoms with Gasteiger partial charge in [0, 0.05) is 23.5 Å². The Morgan fingerprint density at radius 2 is 0.800 bits per heavy atom. The van der Waals surface area contributed by atoms with E-state index in [9.17, 15) is 0 Å². The molecular weight excluding hydrogens is 700 g/mol. The summed E-state index contributed by atoms with van der Waals surface area (Å²) in [6.45, 7) is 3.14. The SMILES string of the molecule is Nc1ccc2c(c1)OCCOCCOc1cc(N)ccc1OCCOCCO2.O.O.O.O.[Br][Cd][Br]. The Kier molecular flexibility index (Phi) is 25.6. The van der Waals surface area contributed by atoms with Crippen LogP contribution < -0.4 is 30.4 Å². The van der Waals surface area contributed by atoms with Crippen molar-refractivity contribution in [1.82, 2.24) is 0 Å². The number of hydrogen-bond donors (Lipinski definition) is 2. The summed E-state index contributed by atoms with van der Waals surface area (Å²) in [5.74, 6) is 2.39. The molecule has 35 heavy (non-hydrogen) atoms. The molecule has 3 rings (SSSR count). The van der Waals surface area contributed by atoms with Crippen LogP contribution >= 0.6 is 24.0 Å². The van der Waals surface area contributed by atoms with Gasteiger partial charge in [-0.2, -0.15) is 0 Å². The number of anilines is 2. The second kappa shape index (κ2) is 23.3. The normalized spacial score (nSPS) is 13.5. The summed E-state index contributed by atoms with van der Waals surface area (Å²) in [6, 6.07) is 10.5. The van der Waals surface area contributed by atoms with Crippen LogP contribution in [-0.4, -0.2) is 74.8 Å². The first-order valence-corrected chi connectivity index (χ1v) is 27.8. The van der Waals surface area contributed by atoms with Gasteiger partial charge in [-0.05, 0) is 24.3 Å². The van der Waals surface area contributed by atoms with Gasteiger partial charge in [0.2, 0.25) is 0 Å². The first-order valence-electron chi connectivity index (χ1n) is 9.71. The van der Waals surface area contributed by atoms with E-state index in [-0.39, 0.29) is 41.3 Å². The second-order valence-electron chi connectivity index (χ2n) is 6.13. The topological polar surface area (TPSA) is 233 Å². The Morgan fingerprint density at radius 1 is 0.514 bits per heavy atom. The van der Waals surface area contributed by atoms with Gasteiger partial charge in [0.05, 0.1) is 26.4 Å². The maximum atomic E-state index is 5.83. The fourth-order valence-electron chi connectivity index (χ4n) is 2.56. The molecule has 15 heteroatoms. The van der Waals surface area contributed by atoms with Gasteiger partial charge in [0.1, 0.15) is 26.4 Å². The van der Waals surface area contributed by atoms with Crippen LogP contribution in [0.5, 0.6) is 23.0 Å². The number of rotatable bonds is 0. The van der Waals surface area contributed by atoms with E-state index in [1.54, 1.807) is 36.4 Å². The van der Waals surface area contributed by atoms with Crippen molar-refractivity contribution in [2.75, 3.05) is 64.3 Å². The van der Waals surface area contributed by atoms with Crippen LogP contribution in [0, 0.1) is 0 Å². The summed E-state index contributed by atoms with van der Waals surface area (Å²) in [6.07, 6.45) is 0. The number of benzene rings is 2. The molecule has 1 aliphatic rings. The summed E-state index contributed by atoms with van der Waals surface area (Å²) in [7, 11) is 0. The summed E-state index contributed by atoms with van der Waals surface area (Å²) in [4.78, 5) is 0. The first-order chi connectivity index (χ1) is 15.1. The maximum absolute atomic E-state index is 5.83. The molecule has 2 aromatic rings. The fourth-order valence-corrected chi connectivity index (χ4v) is 2.56. The zero-order chi connectivity index (χ0) is 22.3. The van der Waals surface area contributed by atoms with E-state index in [4.69, 9.17) is 39.9 Å². The van der Waals surface area contributed by atoms with E-state index in [2.05, 4.69) is 24.0 Å². The average Bonchev–Trinajstić information content (AvgIpc) is 2.75. The molecule has 0 atom stereocenters. The van der Waals surface area contributed by atoms with Gasteiger partial charge in [0.25, 0.3) is 0 Å². The standard InChI is InChI=1S/C20H26N2O6.2BrH.Cd.4H2O/c21-15-1-3-17-19(13-15)27-11-7-24-8-12-28-20-14-16(22)2-4-18(20)26-10-6-23-5-9-25-17;;;;;;;/h1-4,13-14H,5-12,21-22H2;2*1H;;4*1H2/q;;;+2;;;;/p-2. The van der Waals surface area contributed by atoms with Gasteiger partial charge in [0.15, 0.2) is 23.0 Å². The Morgan fingerprint density at radius 3 is 1.11 bits per heavy atom. The van der Waals surface area contributed by atoms with E-state index in [0.29, 0.717) is 87.2 Å². The predicted molar refractivity (Wildman–Crippen MR) is 138 cm³/mol. The third-order valence-corrected chi connectivity index (χ3v) is 3.88. The summed E-state index contributed by atoms with van der Waals surface area (Å²) >= 11 is 6.16. The van der Waals surface area contributed by atoms with Crippen LogP contribution in [0.1, 0.15) is 0 Å². The van der Waals surface area contributed by atoms with E-state index >= 15 is 0 Å². The second-order valence-corrected chi connectivity index (χ2v) is 24.3. The average molecular weight is 735 g/mol. The molecule has 0 aromatic heterocycles. The molecule has 0 fully saturated rings. The van der Waals surface area contributed by atoms with Gasteiger partial charge in [-0.15, -0.1) is 0 Å². The van der Waals surface area contributed by atoms with Crippen molar-refractivity contribution in [3.63, 3.8) is 0 Å². The van der Waals surface area contributed by atoms with Crippen molar-refractivity contribution < 1.29 is 69.7 Å². The van der Waals surface area contributed by atoms with Crippen LogP contribution in [0.2, 0.25) is 0 Å². The molecule has 1 aliphatic heterocycles. The molecule has 2 aromatic carbocycles. The van der Waals surface area contributed by atoms with E-state index in [1.165, 1.54) is 0 Å². The Hall–Kier alpha value is -1.12. The number of hydrogen-bond acceptors (Lipinski definition) is 8. The minimum absolute atomic E-state index is 0. The minimum atomic E-state index is -0.385. The van der Waals surface area contributed by atoms with E-state index in [1.807, 2.05) is 0 Å². The van der Waals surface area contributed by atoms with Crippen molar-refractivity contribution in [1.29, 1.82) is 0 Å². The Balaban J connectivity index is -0.00000139. The molecule has 0 unspecified atom stereocenters. The van der Waals surface area contributed by atoms with Crippen molar-refractivity contribution in [3.05, 3.63) is 36.4 Å². The molecule has 12 N–H and O–H groups in total. The zero-order valence-corrected chi connectivity index (χ0v) is 26.4. The number of nitrogen functional groups attached to an aromatic ring is 2. The fraction of sp³-hybridized carbons (Fsp3) is 0.400. The number of ether oxygens (including phenoxy) is 6. The van der Waals surface area contributed by atoms with Gasteiger partial charge in [-0.3, -0.25) is 0 Å². The zero-order valence-electron chi connectivity index (χ0n) is 19.2. The Bertz CT molecular complexity index is 734. The third-order valence-electron chi connectivity index (χ3n) is 3.88. The molecule has 0 bridgehead atoms. The summed E-state index contributed by atoms with van der Waals surface area (Å²) < 4.78 is 34.1. The van der Waals surface area contributed by atoms with Crippen LogP contribution in [0.15, 0.2) is 36.4 Å². The van der Waals surface area contributed by atoms with Gasteiger partial charge in [-0.25, -0.2) is 0 Å². The van der Waals surface area contributed by atoms with E-state index < -0.39 is 0 Å². The van der Waals surface area contributed by atoms with Gasteiger partial charge < -0.3 is 61.8 Å².